The van der Waals surface area contributed by atoms with Crippen LogP contribution < -0.4 is 10.6 Å². The van der Waals surface area contributed by atoms with Crippen LogP contribution in [0.25, 0.3) is 0 Å². The van der Waals surface area contributed by atoms with Gasteiger partial charge in [-0.1, -0.05) is 12.1 Å². The molecule has 1 aliphatic carbocycles. The number of hydrogen-bond acceptors (Lipinski definition) is 4. The molecular formula is C23H22F3N5O2. The lowest BCUT2D eigenvalue weighted by molar-refractivity contribution is -0.137. The fraction of sp³-hybridized carbons (Fsp3) is 0.304. The van der Waals surface area contributed by atoms with Crippen LogP contribution in [0.4, 0.5) is 19.0 Å². The quantitative estimate of drug-likeness (QED) is 0.498. The van der Waals surface area contributed by atoms with E-state index in [1.54, 1.807) is 18.5 Å². The third-order valence-electron chi connectivity index (χ3n) is 5.58. The molecule has 33 heavy (non-hydrogen) atoms. The number of aromatic amines is 1. The first-order chi connectivity index (χ1) is 15.8. The maximum atomic E-state index is 12.8. The van der Waals surface area contributed by atoms with Crippen molar-refractivity contribution in [1.29, 1.82) is 0 Å². The van der Waals surface area contributed by atoms with E-state index >= 15 is 0 Å². The van der Waals surface area contributed by atoms with Gasteiger partial charge in [0.15, 0.2) is 0 Å². The van der Waals surface area contributed by atoms with Gasteiger partial charge in [-0.25, -0.2) is 0 Å². The fourth-order valence-corrected chi connectivity index (χ4v) is 3.71. The van der Waals surface area contributed by atoms with Crippen molar-refractivity contribution in [3.05, 3.63) is 77.2 Å². The Morgan fingerprint density at radius 3 is 2.67 bits per heavy atom. The minimum Gasteiger partial charge on any atom is -0.349 e. The summed E-state index contributed by atoms with van der Waals surface area (Å²) < 4.78 is 38.5. The maximum Gasteiger partial charge on any atom is 0.416 e. The Kier molecular flexibility index (Phi) is 6.43. The van der Waals surface area contributed by atoms with Gasteiger partial charge >= 0.3 is 6.18 Å². The SMILES string of the molecule is O=C(CCc1cccnc1)Nc1cc([C@H]2C[C@@H](NC(=O)c3cccc(C(F)(F)F)c3)C2)n[nH]1. The molecule has 1 aromatic carbocycles. The number of rotatable bonds is 7. The Labute approximate surface area is 187 Å². The standard InChI is InChI=1S/C23H22F3N5O2/c24-23(25,26)17-5-1-4-15(9-17)22(33)28-18-10-16(11-18)19-12-20(31-30-19)29-21(32)7-6-14-3-2-8-27-13-14/h1-5,8-9,12-13,16,18H,6-7,10-11H2,(H,28,33)(H2,29,30,31,32)/t16-,18+. The van der Waals surface area contributed by atoms with Crippen LogP contribution in [0.5, 0.6) is 0 Å². The van der Waals surface area contributed by atoms with Crippen molar-refractivity contribution in [1.82, 2.24) is 20.5 Å². The summed E-state index contributed by atoms with van der Waals surface area (Å²) in [6.07, 6.45) is 1.03. The molecule has 0 unspecified atom stereocenters. The number of carbonyl (C=O) groups excluding carboxylic acids is 2. The van der Waals surface area contributed by atoms with Gasteiger partial charge in [-0.2, -0.15) is 18.3 Å². The second-order valence-electron chi connectivity index (χ2n) is 8.03. The molecule has 0 atom stereocenters. The third kappa shape index (κ3) is 5.76. The molecule has 172 valence electrons. The van der Waals surface area contributed by atoms with Gasteiger partial charge in [0.05, 0.1) is 11.3 Å². The molecule has 0 bridgehead atoms. The molecule has 1 fully saturated rings. The summed E-state index contributed by atoms with van der Waals surface area (Å²) in [5.74, 6) is -0.0891. The number of alkyl halides is 3. The Bertz CT molecular complexity index is 1120. The van der Waals surface area contributed by atoms with Crippen LogP contribution >= 0.6 is 0 Å². The maximum absolute atomic E-state index is 12.8. The van der Waals surface area contributed by atoms with Gasteiger partial charge in [0, 0.05) is 42.4 Å². The average molecular weight is 457 g/mol. The highest BCUT2D eigenvalue weighted by molar-refractivity contribution is 5.94. The second-order valence-corrected chi connectivity index (χ2v) is 8.03. The van der Waals surface area contributed by atoms with E-state index in [-0.39, 0.29) is 23.4 Å². The number of nitrogens with one attached hydrogen (secondary N) is 3. The number of halogens is 3. The molecule has 0 spiro atoms. The molecule has 2 amide bonds. The molecule has 7 nitrogen and oxygen atoms in total. The number of anilines is 1. The summed E-state index contributed by atoms with van der Waals surface area (Å²) in [5.41, 5.74) is 0.866. The minimum absolute atomic E-state index is 0.0238. The molecule has 10 heteroatoms. The van der Waals surface area contributed by atoms with Crippen LogP contribution in [0.15, 0.2) is 54.9 Å². The number of aryl methyl sites for hydroxylation is 1. The predicted octanol–water partition coefficient (Wildman–Crippen LogP) is 4.07. The molecule has 0 radical (unpaired) electrons. The Hall–Kier alpha value is -3.69. The van der Waals surface area contributed by atoms with E-state index in [9.17, 15) is 22.8 Å². The van der Waals surface area contributed by atoms with Crippen LogP contribution in [0.3, 0.4) is 0 Å². The van der Waals surface area contributed by atoms with Gasteiger partial charge in [-0.3, -0.25) is 19.7 Å². The Morgan fingerprint density at radius 1 is 1.12 bits per heavy atom. The molecule has 4 rings (SSSR count). The van der Waals surface area contributed by atoms with Crippen molar-refractivity contribution in [2.75, 3.05) is 5.32 Å². The van der Waals surface area contributed by atoms with E-state index in [2.05, 4.69) is 25.8 Å². The van der Waals surface area contributed by atoms with E-state index < -0.39 is 17.6 Å². The predicted molar refractivity (Wildman–Crippen MR) is 114 cm³/mol. The zero-order valence-electron chi connectivity index (χ0n) is 17.5. The van der Waals surface area contributed by atoms with E-state index in [1.165, 1.54) is 12.1 Å². The zero-order valence-corrected chi connectivity index (χ0v) is 17.5. The zero-order chi connectivity index (χ0) is 23.4. The number of amides is 2. The molecule has 3 N–H and O–H groups in total. The number of benzene rings is 1. The van der Waals surface area contributed by atoms with Crippen molar-refractivity contribution in [3.63, 3.8) is 0 Å². The summed E-state index contributed by atoms with van der Waals surface area (Å²) >= 11 is 0. The summed E-state index contributed by atoms with van der Waals surface area (Å²) in [7, 11) is 0. The average Bonchev–Trinajstić information content (AvgIpc) is 3.22. The highest BCUT2D eigenvalue weighted by Crippen LogP contribution is 2.37. The highest BCUT2D eigenvalue weighted by atomic mass is 19.4. The van der Waals surface area contributed by atoms with Crippen LogP contribution in [0, 0.1) is 0 Å². The third-order valence-corrected chi connectivity index (χ3v) is 5.58. The topological polar surface area (TPSA) is 99.8 Å². The molecule has 0 aliphatic heterocycles. The van der Waals surface area contributed by atoms with Crippen molar-refractivity contribution >= 4 is 17.6 Å². The van der Waals surface area contributed by atoms with Gasteiger partial charge < -0.3 is 10.6 Å². The smallest absolute Gasteiger partial charge is 0.349 e. The lowest BCUT2D eigenvalue weighted by Gasteiger charge is -2.34. The summed E-state index contributed by atoms with van der Waals surface area (Å²) in [6, 6.07) is 9.71. The molecule has 2 heterocycles. The Morgan fingerprint density at radius 2 is 1.94 bits per heavy atom. The first-order valence-electron chi connectivity index (χ1n) is 10.5. The summed E-state index contributed by atoms with van der Waals surface area (Å²) in [5, 5.41) is 12.6. The van der Waals surface area contributed by atoms with E-state index in [1.807, 2.05) is 12.1 Å². The van der Waals surface area contributed by atoms with Gasteiger partial charge in [0.2, 0.25) is 5.91 Å². The number of carbonyl (C=O) groups is 2. The Balaban J connectivity index is 1.24. The lowest BCUT2D eigenvalue weighted by atomic mass is 9.78. The van der Waals surface area contributed by atoms with E-state index in [4.69, 9.17) is 0 Å². The van der Waals surface area contributed by atoms with Gasteiger partial charge in [0.1, 0.15) is 5.82 Å². The van der Waals surface area contributed by atoms with Crippen molar-refractivity contribution < 1.29 is 22.8 Å². The fourth-order valence-electron chi connectivity index (χ4n) is 3.71. The van der Waals surface area contributed by atoms with Crippen molar-refractivity contribution in [2.45, 2.75) is 43.8 Å². The van der Waals surface area contributed by atoms with Crippen LogP contribution in [0.2, 0.25) is 0 Å². The largest absolute Gasteiger partial charge is 0.416 e. The van der Waals surface area contributed by atoms with Crippen molar-refractivity contribution in [2.24, 2.45) is 0 Å². The molecule has 3 aromatic rings. The lowest BCUT2D eigenvalue weighted by Crippen LogP contribution is -2.43. The van der Waals surface area contributed by atoms with Crippen LogP contribution in [-0.4, -0.2) is 33.0 Å². The molecule has 0 saturated heterocycles. The minimum atomic E-state index is -4.50. The summed E-state index contributed by atoms with van der Waals surface area (Å²) in [6.45, 7) is 0. The number of pyridine rings is 1. The van der Waals surface area contributed by atoms with Gasteiger partial charge in [-0.05, 0) is 49.1 Å². The normalized spacial score (nSPS) is 17.8. The molecule has 2 aromatic heterocycles. The number of aromatic nitrogens is 3. The van der Waals surface area contributed by atoms with Crippen LogP contribution in [-0.2, 0) is 17.4 Å². The summed E-state index contributed by atoms with van der Waals surface area (Å²) in [4.78, 5) is 28.5. The van der Waals surface area contributed by atoms with Crippen molar-refractivity contribution in [3.8, 4) is 0 Å². The number of hydrogen-bond donors (Lipinski definition) is 3. The van der Waals surface area contributed by atoms with E-state index in [0.717, 1.165) is 23.4 Å². The molecule has 1 saturated carbocycles. The first-order valence-corrected chi connectivity index (χ1v) is 10.5. The number of nitrogens with zero attached hydrogens (tertiary/aromatic N) is 2. The number of H-pyrrole nitrogens is 1. The van der Waals surface area contributed by atoms with Gasteiger partial charge in [-0.15, -0.1) is 0 Å². The van der Waals surface area contributed by atoms with Crippen LogP contribution in [0.1, 0.15) is 52.4 Å². The van der Waals surface area contributed by atoms with E-state index in [0.29, 0.717) is 31.5 Å². The highest BCUT2D eigenvalue weighted by Gasteiger charge is 2.34. The molecular weight excluding hydrogens is 435 g/mol. The second kappa shape index (κ2) is 9.43. The first kappa shape index (κ1) is 22.5. The van der Waals surface area contributed by atoms with Gasteiger partial charge in [0.25, 0.3) is 5.91 Å². The monoisotopic (exact) mass is 457 g/mol. The molecule has 1 aliphatic rings.